The average molecular weight is 740 g/mol. The van der Waals surface area contributed by atoms with Gasteiger partial charge in [0.05, 0.1) is 61.6 Å². The maximum Gasteiger partial charge on any atom is 0.262 e. The van der Waals surface area contributed by atoms with E-state index >= 15 is 0 Å². The van der Waals surface area contributed by atoms with Crippen molar-refractivity contribution in [3.05, 3.63) is 76.7 Å². The summed E-state index contributed by atoms with van der Waals surface area (Å²) in [5.41, 5.74) is 4.29. The van der Waals surface area contributed by atoms with Crippen LogP contribution >= 0.6 is 0 Å². The number of fused-ring (bicyclic) bond motifs is 2. The molecule has 4 aliphatic heterocycles. The van der Waals surface area contributed by atoms with Gasteiger partial charge < -0.3 is 23.8 Å². The van der Waals surface area contributed by atoms with Crippen LogP contribution in [0.4, 0.5) is 5.82 Å². The largest absolute Gasteiger partial charge is 0.491 e. The van der Waals surface area contributed by atoms with E-state index in [2.05, 4.69) is 44.1 Å². The molecule has 2 fully saturated rings. The van der Waals surface area contributed by atoms with Gasteiger partial charge in [-0.2, -0.15) is 0 Å². The van der Waals surface area contributed by atoms with Crippen LogP contribution < -0.4 is 19.7 Å². The summed E-state index contributed by atoms with van der Waals surface area (Å²) in [7, 11) is 0. The average Bonchev–Trinajstić information content (AvgIpc) is 3.68. The Morgan fingerprint density at radius 2 is 1.61 bits per heavy atom. The first-order chi connectivity index (χ1) is 26.2. The van der Waals surface area contributed by atoms with E-state index in [0.29, 0.717) is 44.8 Å². The van der Waals surface area contributed by atoms with Crippen LogP contribution in [0.1, 0.15) is 71.1 Å². The Kier molecular flexibility index (Phi) is 11.3. The number of anilines is 1. The summed E-state index contributed by atoms with van der Waals surface area (Å²) < 4.78 is 23.2. The highest BCUT2D eigenvalue weighted by Gasteiger charge is 2.44. The van der Waals surface area contributed by atoms with Gasteiger partial charge in [0.2, 0.25) is 11.8 Å². The number of amides is 4. The van der Waals surface area contributed by atoms with Crippen LogP contribution in [0.3, 0.4) is 0 Å². The number of benzene rings is 2. The zero-order valence-electron chi connectivity index (χ0n) is 30.8. The molecule has 5 heterocycles. The lowest BCUT2D eigenvalue weighted by Crippen LogP contribution is -2.54. The summed E-state index contributed by atoms with van der Waals surface area (Å²) in [5, 5.41) is 2.19. The number of carbonyl (C=O) groups is 4. The first kappa shape index (κ1) is 37.1. The van der Waals surface area contributed by atoms with Gasteiger partial charge in [0, 0.05) is 50.3 Å². The standard InChI is InChI=1S/C39H45N7O8/c1-24(2)54-28-5-4-26-21-40-36(30(26)19-28)32-20-34(42-23-41-32)45-11-10-44(25(3)22-45)12-13-51-14-15-52-16-17-53-27-6-7-29-31(18-27)39(50)46(38(29)49)33-8-9-35(47)43-37(33)48/h4-7,18-20,23-25,33H,8-17,21-22H2,1-3H3,(H,43,47,48)/t25-,33?/m0/s1. The molecule has 284 valence electrons. The molecule has 4 amide bonds. The topological polar surface area (TPSA) is 165 Å². The lowest BCUT2D eigenvalue weighted by atomic mass is 10.0. The second-order valence-electron chi connectivity index (χ2n) is 14.0. The molecule has 1 unspecified atom stereocenters. The molecule has 2 atom stereocenters. The number of nitrogens with zero attached hydrogens (tertiary/aromatic N) is 6. The number of aliphatic imine (C=N–C) groups is 1. The van der Waals surface area contributed by atoms with Gasteiger partial charge in [-0.15, -0.1) is 0 Å². The molecule has 1 N–H and O–H groups in total. The van der Waals surface area contributed by atoms with Crippen molar-refractivity contribution in [1.82, 2.24) is 25.1 Å². The zero-order chi connectivity index (χ0) is 37.8. The van der Waals surface area contributed by atoms with Crippen molar-refractivity contribution in [3.8, 4) is 11.5 Å². The molecule has 7 rings (SSSR count). The molecule has 2 saturated heterocycles. The number of nitrogens with one attached hydrogen (secondary N) is 1. The molecule has 0 bridgehead atoms. The van der Waals surface area contributed by atoms with Gasteiger partial charge in [-0.3, -0.25) is 39.3 Å². The van der Waals surface area contributed by atoms with E-state index < -0.39 is 29.7 Å². The van der Waals surface area contributed by atoms with E-state index in [1.54, 1.807) is 12.4 Å². The minimum absolute atomic E-state index is 0.0670. The third-order valence-electron chi connectivity index (χ3n) is 9.90. The fourth-order valence-electron chi connectivity index (χ4n) is 7.17. The van der Waals surface area contributed by atoms with Gasteiger partial charge in [-0.05, 0) is 63.1 Å². The zero-order valence-corrected chi connectivity index (χ0v) is 30.8. The number of carbonyl (C=O) groups excluding carboxylic acids is 4. The Labute approximate surface area is 313 Å². The fourth-order valence-corrected chi connectivity index (χ4v) is 7.17. The summed E-state index contributed by atoms with van der Waals surface area (Å²) >= 11 is 0. The van der Waals surface area contributed by atoms with Crippen LogP contribution in [0, 0.1) is 0 Å². The molecule has 0 radical (unpaired) electrons. The molecule has 4 aliphatic rings. The Balaban J connectivity index is 0.792. The van der Waals surface area contributed by atoms with Crippen LogP contribution in [0.5, 0.6) is 11.5 Å². The highest BCUT2D eigenvalue weighted by atomic mass is 16.5. The van der Waals surface area contributed by atoms with Gasteiger partial charge in [-0.1, -0.05) is 6.07 Å². The summed E-state index contributed by atoms with van der Waals surface area (Å²) in [6.45, 7) is 12.2. The van der Waals surface area contributed by atoms with Gasteiger partial charge in [0.1, 0.15) is 36.3 Å². The van der Waals surface area contributed by atoms with E-state index in [0.717, 1.165) is 59.6 Å². The summed E-state index contributed by atoms with van der Waals surface area (Å²) in [5.74, 6) is -0.0525. The SMILES string of the molecule is CC(C)Oc1ccc2c(c1)C(c1cc(N3CCN(CCOCCOCCOc4ccc5c(c4)C(=O)N(C4CCC(=O)NC4=O)C5=O)[C@@H](C)C3)ncn1)=NC2. The molecule has 2 aromatic carbocycles. The van der Waals surface area contributed by atoms with Crippen LogP contribution in [0.15, 0.2) is 53.8 Å². The van der Waals surface area contributed by atoms with Crippen LogP contribution in [-0.4, -0.2) is 127 Å². The van der Waals surface area contributed by atoms with E-state index in [1.165, 1.54) is 17.7 Å². The minimum Gasteiger partial charge on any atom is -0.491 e. The Morgan fingerprint density at radius 3 is 2.41 bits per heavy atom. The predicted octanol–water partition coefficient (Wildman–Crippen LogP) is 2.64. The number of hydrogen-bond donors (Lipinski definition) is 1. The number of imide groups is 2. The van der Waals surface area contributed by atoms with E-state index in [4.69, 9.17) is 23.9 Å². The molecule has 1 aromatic heterocycles. The third-order valence-corrected chi connectivity index (χ3v) is 9.90. The van der Waals surface area contributed by atoms with Crippen molar-refractivity contribution in [2.24, 2.45) is 4.99 Å². The smallest absolute Gasteiger partial charge is 0.262 e. The lowest BCUT2D eigenvalue weighted by Gasteiger charge is -2.40. The molecule has 3 aromatic rings. The molecule has 0 saturated carbocycles. The van der Waals surface area contributed by atoms with Crippen molar-refractivity contribution in [2.45, 2.75) is 58.3 Å². The fraction of sp³-hybridized carbons (Fsp3) is 0.462. The Bertz CT molecular complexity index is 1950. The van der Waals surface area contributed by atoms with Crippen LogP contribution in [0.25, 0.3) is 0 Å². The molecule has 0 aliphatic carbocycles. The number of rotatable bonds is 15. The molecule has 15 heteroatoms. The summed E-state index contributed by atoms with van der Waals surface area (Å²) in [6, 6.07) is 12.1. The second-order valence-corrected chi connectivity index (χ2v) is 14.0. The van der Waals surface area contributed by atoms with E-state index in [-0.39, 0.29) is 36.7 Å². The normalized spacial score (nSPS) is 20.0. The highest BCUT2D eigenvalue weighted by molar-refractivity contribution is 6.23. The summed E-state index contributed by atoms with van der Waals surface area (Å²) in [4.78, 5) is 69.3. The Morgan fingerprint density at radius 1 is 0.852 bits per heavy atom. The van der Waals surface area contributed by atoms with Gasteiger partial charge in [-0.25, -0.2) is 9.97 Å². The maximum atomic E-state index is 13.0. The number of hydrogen-bond acceptors (Lipinski definition) is 13. The Hall–Kier alpha value is -5.25. The first-order valence-corrected chi connectivity index (χ1v) is 18.5. The van der Waals surface area contributed by atoms with Crippen molar-refractivity contribution in [3.63, 3.8) is 0 Å². The second kappa shape index (κ2) is 16.4. The highest BCUT2D eigenvalue weighted by Crippen LogP contribution is 2.31. The van der Waals surface area contributed by atoms with Crippen molar-refractivity contribution in [2.75, 3.05) is 64.1 Å². The molecule has 54 heavy (non-hydrogen) atoms. The number of ether oxygens (including phenoxy) is 4. The molecular weight excluding hydrogens is 694 g/mol. The number of aromatic nitrogens is 2. The molecule has 15 nitrogen and oxygen atoms in total. The van der Waals surface area contributed by atoms with Crippen LogP contribution in [-0.2, 0) is 25.6 Å². The van der Waals surface area contributed by atoms with Gasteiger partial charge in [0.25, 0.3) is 11.8 Å². The summed E-state index contributed by atoms with van der Waals surface area (Å²) in [6.07, 6.45) is 1.89. The predicted molar refractivity (Wildman–Crippen MR) is 197 cm³/mol. The quantitative estimate of drug-likeness (QED) is 0.179. The molecule has 0 spiro atoms. The van der Waals surface area contributed by atoms with E-state index in [9.17, 15) is 19.2 Å². The van der Waals surface area contributed by atoms with Gasteiger partial charge in [0.15, 0.2) is 0 Å². The van der Waals surface area contributed by atoms with Crippen LogP contribution in [0.2, 0.25) is 0 Å². The number of piperazine rings is 1. The maximum absolute atomic E-state index is 13.0. The van der Waals surface area contributed by atoms with Gasteiger partial charge >= 0.3 is 0 Å². The van der Waals surface area contributed by atoms with Crippen molar-refractivity contribution >= 4 is 35.2 Å². The molecular formula is C39H45N7O8. The lowest BCUT2D eigenvalue weighted by molar-refractivity contribution is -0.136. The monoisotopic (exact) mass is 739 g/mol. The minimum atomic E-state index is -1.01. The first-order valence-electron chi connectivity index (χ1n) is 18.5. The number of piperidine rings is 1. The third kappa shape index (κ3) is 8.12. The van der Waals surface area contributed by atoms with Crippen molar-refractivity contribution < 1.29 is 38.1 Å². The van der Waals surface area contributed by atoms with Crippen molar-refractivity contribution in [1.29, 1.82) is 0 Å². The van der Waals surface area contributed by atoms with E-state index in [1.807, 2.05) is 26.0 Å².